The van der Waals surface area contributed by atoms with Crippen LogP contribution < -0.4 is 9.47 Å². The molecule has 1 aliphatic rings. The molecule has 1 aliphatic heterocycles. The number of rotatable bonds is 7. The van der Waals surface area contributed by atoms with Gasteiger partial charge in [-0.15, -0.1) is 0 Å². The number of benzene rings is 2. The molecule has 0 N–H and O–H groups in total. The summed E-state index contributed by atoms with van der Waals surface area (Å²) in [7, 11) is 1.31. The van der Waals surface area contributed by atoms with Crippen molar-refractivity contribution in [2.24, 2.45) is 0 Å². The summed E-state index contributed by atoms with van der Waals surface area (Å²) >= 11 is 0. The van der Waals surface area contributed by atoms with Gasteiger partial charge in [0.15, 0.2) is 6.10 Å². The predicted octanol–water partition coefficient (Wildman–Crippen LogP) is 4.86. The van der Waals surface area contributed by atoms with E-state index in [0.717, 1.165) is 11.6 Å². The highest BCUT2D eigenvalue weighted by Gasteiger charge is 2.39. The molecule has 2 atom stereocenters. The largest absolute Gasteiger partial charge is 0.488 e. The Kier molecular flexibility index (Phi) is 6.32. The van der Waals surface area contributed by atoms with Gasteiger partial charge in [0, 0.05) is 12.2 Å². The maximum absolute atomic E-state index is 13.1. The molecule has 0 fully saturated rings. The van der Waals surface area contributed by atoms with E-state index in [1.807, 2.05) is 6.92 Å². The summed E-state index contributed by atoms with van der Waals surface area (Å²) in [5.41, 5.74) is 0.327. The summed E-state index contributed by atoms with van der Waals surface area (Å²) in [6.45, 7) is 2.25. The van der Waals surface area contributed by atoms with Gasteiger partial charge in [-0.25, -0.2) is 0 Å². The predicted molar refractivity (Wildman–Crippen MR) is 97.8 cm³/mol. The summed E-state index contributed by atoms with van der Waals surface area (Å²) in [6.07, 6.45) is -5.51. The third kappa shape index (κ3) is 4.82. The minimum Gasteiger partial charge on any atom is -0.488 e. The average Bonchev–Trinajstić information content (AvgIpc) is 3.10. The highest BCUT2D eigenvalue weighted by molar-refractivity contribution is 5.70. The number of carbonyl (C=O) groups excluding carboxylic acids is 1. The Hall–Kier alpha value is -2.74. The van der Waals surface area contributed by atoms with Crippen LogP contribution in [-0.4, -0.2) is 26.3 Å². The second kappa shape index (κ2) is 8.73. The lowest BCUT2D eigenvalue weighted by Gasteiger charge is -2.18. The van der Waals surface area contributed by atoms with Gasteiger partial charge in [0.1, 0.15) is 18.1 Å². The van der Waals surface area contributed by atoms with Gasteiger partial charge in [-0.3, -0.25) is 4.79 Å². The molecule has 0 spiro atoms. The van der Waals surface area contributed by atoms with Gasteiger partial charge < -0.3 is 18.9 Å². The number of esters is 1. The van der Waals surface area contributed by atoms with Gasteiger partial charge in [0.2, 0.25) is 0 Å². The van der Waals surface area contributed by atoms with Crippen LogP contribution in [0.3, 0.4) is 0 Å². The molecule has 156 valence electrons. The molecule has 0 unspecified atom stereocenters. The monoisotopic (exact) mass is 410 g/mol. The van der Waals surface area contributed by atoms with E-state index < -0.39 is 23.9 Å². The molecule has 8 heteroatoms. The van der Waals surface area contributed by atoms with Crippen molar-refractivity contribution in [2.45, 2.75) is 31.7 Å². The molecular weight excluding hydrogens is 389 g/mol. The van der Waals surface area contributed by atoms with Crippen molar-refractivity contribution in [3.05, 3.63) is 59.2 Å². The lowest BCUT2D eigenvalue weighted by molar-refractivity contribution is -0.144. The Labute approximate surface area is 166 Å². The van der Waals surface area contributed by atoms with Crippen molar-refractivity contribution in [3.63, 3.8) is 0 Å². The maximum atomic E-state index is 13.1. The van der Waals surface area contributed by atoms with E-state index in [0.29, 0.717) is 17.9 Å². The fraction of sp³-hybridized carbons (Fsp3) is 0.381. The molecule has 0 saturated heterocycles. The SMILES string of the molecule is CCO[C@@H](CC(=O)OC)c1ccc(O[C@@H]2COc3c2cccc3C(F)(F)F)cc1. The third-order valence-electron chi connectivity index (χ3n) is 4.55. The number of fused-ring (bicyclic) bond motifs is 1. The topological polar surface area (TPSA) is 54.0 Å². The molecule has 2 aromatic carbocycles. The number of methoxy groups -OCH3 is 1. The standard InChI is InChI=1S/C21H21F3O5/c1-3-27-17(11-19(25)26-2)13-7-9-14(10-8-13)29-18-12-28-20-15(18)5-4-6-16(20)21(22,23)24/h4-10,17-18H,3,11-12H2,1-2H3/t17-,18+/m0/s1. The highest BCUT2D eigenvalue weighted by Crippen LogP contribution is 2.44. The Morgan fingerprint density at radius 2 is 1.93 bits per heavy atom. The number of halogens is 3. The fourth-order valence-corrected chi connectivity index (χ4v) is 3.17. The van der Waals surface area contributed by atoms with Crippen LogP contribution in [0.1, 0.15) is 42.2 Å². The molecule has 0 saturated carbocycles. The van der Waals surface area contributed by atoms with Crippen molar-refractivity contribution in [2.75, 3.05) is 20.3 Å². The van der Waals surface area contributed by atoms with Crippen LogP contribution >= 0.6 is 0 Å². The molecule has 3 rings (SSSR count). The zero-order valence-corrected chi connectivity index (χ0v) is 16.0. The molecule has 29 heavy (non-hydrogen) atoms. The van der Waals surface area contributed by atoms with Gasteiger partial charge in [-0.2, -0.15) is 13.2 Å². The van der Waals surface area contributed by atoms with Crippen molar-refractivity contribution in [1.82, 2.24) is 0 Å². The Morgan fingerprint density at radius 3 is 2.55 bits per heavy atom. The average molecular weight is 410 g/mol. The van der Waals surface area contributed by atoms with Crippen LogP contribution in [0.25, 0.3) is 0 Å². The van der Waals surface area contributed by atoms with E-state index in [2.05, 4.69) is 0 Å². The molecule has 0 aliphatic carbocycles. The van der Waals surface area contributed by atoms with E-state index >= 15 is 0 Å². The number of para-hydroxylation sites is 1. The first kappa shape index (κ1) is 21.0. The number of carbonyl (C=O) groups is 1. The zero-order chi connectivity index (χ0) is 21.0. The highest BCUT2D eigenvalue weighted by atomic mass is 19.4. The minimum atomic E-state index is -4.49. The minimum absolute atomic E-state index is 0.00586. The molecule has 5 nitrogen and oxygen atoms in total. The Balaban J connectivity index is 1.74. The molecule has 0 aromatic heterocycles. The van der Waals surface area contributed by atoms with Crippen LogP contribution in [0.5, 0.6) is 11.5 Å². The first-order valence-electron chi connectivity index (χ1n) is 9.11. The second-order valence-corrected chi connectivity index (χ2v) is 6.43. The summed E-state index contributed by atoms with van der Waals surface area (Å²) in [5.74, 6) is -0.0963. The van der Waals surface area contributed by atoms with E-state index in [9.17, 15) is 18.0 Å². The third-order valence-corrected chi connectivity index (χ3v) is 4.55. The Bertz CT molecular complexity index is 848. The van der Waals surface area contributed by atoms with Crippen LogP contribution in [0.15, 0.2) is 42.5 Å². The number of ether oxygens (including phenoxy) is 4. The molecule has 0 bridgehead atoms. The van der Waals surface area contributed by atoms with Crippen molar-refractivity contribution in [3.8, 4) is 11.5 Å². The first-order chi connectivity index (χ1) is 13.8. The smallest absolute Gasteiger partial charge is 0.419 e. The molecule has 0 amide bonds. The molecule has 2 aromatic rings. The van der Waals surface area contributed by atoms with Crippen LogP contribution in [-0.2, 0) is 20.4 Å². The second-order valence-electron chi connectivity index (χ2n) is 6.43. The summed E-state index contributed by atoms with van der Waals surface area (Å²) in [5, 5.41) is 0. The summed E-state index contributed by atoms with van der Waals surface area (Å²) in [4.78, 5) is 11.6. The van der Waals surface area contributed by atoms with Crippen molar-refractivity contribution >= 4 is 5.97 Å². The van der Waals surface area contributed by atoms with Gasteiger partial charge in [-0.1, -0.05) is 24.3 Å². The van der Waals surface area contributed by atoms with Crippen molar-refractivity contribution in [1.29, 1.82) is 0 Å². The van der Waals surface area contributed by atoms with Gasteiger partial charge in [-0.05, 0) is 30.7 Å². The Morgan fingerprint density at radius 1 is 1.21 bits per heavy atom. The fourth-order valence-electron chi connectivity index (χ4n) is 3.17. The van der Waals surface area contributed by atoms with Crippen LogP contribution in [0, 0.1) is 0 Å². The van der Waals surface area contributed by atoms with E-state index in [1.165, 1.54) is 13.2 Å². The van der Waals surface area contributed by atoms with Gasteiger partial charge in [0.05, 0.1) is 25.2 Å². The summed E-state index contributed by atoms with van der Waals surface area (Å²) < 4.78 is 60.8. The number of alkyl halides is 3. The first-order valence-corrected chi connectivity index (χ1v) is 9.11. The van der Waals surface area contributed by atoms with Crippen LogP contribution in [0.4, 0.5) is 13.2 Å². The molecule has 1 heterocycles. The normalized spacial score (nSPS) is 16.7. The number of hydrogen-bond acceptors (Lipinski definition) is 5. The number of hydrogen-bond donors (Lipinski definition) is 0. The quantitative estimate of drug-likeness (QED) is 0.611. The van der Waals surface area contributed by atoms with E-state index in [-0.39, 0.29) is 24.7 Å². The lowest BCUT2D eigenvalue weighted by atomic mass is 10.1. The maximum Gasteiger partial charge on any atom is 0.419 e. The zero-order valence-electron chi connectivity index (χ0n) is 16.0. The van der Waals surface area contributed by atoms with E-state index in [4.69, 9.17) is 18.9 Å². The molecular formula is C21H21F3O5. The van der Waals surface area contributed by atoms with Gasteiger partial charge >= 0.3 is 12.1 Å². The van der Waals surface area contributed by atoms with Crippen LogP contribution in [0.2, 0.25) is 0 Å². The van der Waals surface area contributed by atoms with E-state index in [1.54, 1.807) is 30.3 Å². The molecule has 0 radical (unpaired) electrons. The lowest BCUT2D eigenvalue weighted by Crippen LogP contribution is -2.12. The van der Waals surface area contributed by atoms with Crippen molar-refractivity contribution < 1.29 is 36.9 Å². The van der Waals surface area contributed by atoms with Gasteiger partial charge in [0.25, 0.3) is 0 Å². The summed E-state index contributed by atoms with van der Waals surface area (Å²) in [6, 6.07) is 10.8.